The molecule has 6 heteroatoms. The summed E-state index contributed by atoms with van der Waals surface area (Å²) < 4.78 is 0. The molecule has 1 aliphatic rings. The van der Waals surface area contributed by atoms with Crippen LogP contribution >= 0.6 is 0 Å². The van der Waals surface area contributed by atoms with E-state index in [1.807, 2.05) is 6.92 Å². The minimum Gasteiger partial charge on any atom is -0.369 e. The van der Waals surface area contributed by atoms with Gasteiger partial charge in [0.05, 0.1) is 5.39 Å². The molecule has 0 amide bonds. The maximum Gasteiger partial charge on any atom is 0.226 e. The van der Waals surface area contributed by atoms with Gasteiger partial charge in [-0.25, -0.2) is 4.98 Å². The standard InChI is InChI=1S/C17H26N6/c1-5-7-18-15-14-11(2)9-12(3)19-16(14)22-17(21-15)20-13-6-8-23(4)10-13/h9,13H,5-8,10H2,1-4H3,(H2,18,19,20,21,22)/t13-/m1/s1. The van der Waals surface area contributed by atoms with Crippen LogP contribution in [0.5, 0.6) is 0 Å². The predicted octanol–water partition coefficient (Wildman–Crippen LogP) is 2.58. The second kappa shape index (κ2) is 6.66. The van der Waals surface area contributed by atoms with Crippen molar-refractivity contribution in [1.82, 2.24) is 19.9 Å². The first-order chi connectivity index (χ1) is 11.1. The lowest BCUT2D eigenvalue weighted by atomic mass is 10.1. The van der Waals surface area contributed by atoms with Crippen LogP contribution in [-0.2, 0) is 0 Å². The van der Waals surface area contributed by atoms with Crippen LogP contribution in [0.15, 0.2) is 6.07 Å². The Bertz CT molecular complexity index is 699. The summed E-state index contributed by atoms with van der Waals surface area (Å²) in [4.78, 5) is 16.3. The molecule has 0 spiro atoms. The average Bonchev–Trinajstić information content (AvgIpc) is 2.89. The smallest absolute Gasteiger partial charge is 0.226 e. The quantitative estimate of drug-likeness (QED) is 0.884. The molecule has 0 bridgehead atoms. The molecule has 6 nitrogen and oxygen atoms in total. The number of nitrogens with one attached hydrogen (secondary N) is 2. The highest BCUT2D eigenvalue weighted by Gasteiger charge is 2.21. The average molecular weight is 314 g/mol. The van der Waals surface area contributed by atoms with Gasteiger partial charge in [-0.2, -0.15) is 9.97 Å². The third kappa shape index (κ3) is 3.52. The molecule has 1 aliphatic heterocycles. The number of aryl methyl sites for hydroxylation is 2. The van der Waals surface area contributed by atoms with Gasteiger partial charge >= 0.3 is 0 Å². The highest BCUT2D eigenvalue weighted by molar-refractivity contribution is 5.90. The van der Waals surface area contributed by atoms with E-state index in [2.05, 4.69) is 52.5 Å². The van der Waals surface area contributed by atoms with Crippen molar-refractivity contribution < 1.29 is 0 Å². The number of aromatic nitrogens is 3. The molecule has 0 aliphatic carbocycles. The highest BCUT2D eigenvalue weighted by atomic mass is 15.2. The van der Waals surface area contributed by atoms with Crippen molar-refractivity contribution >= 4 is 22.8 Å². The van der Waals surface area contributed by atoms with Crippen LogP contribution in [0.2, 0.25) is 0 Å². The molecule has 1 atom stereocenters. The molecule has 0 aromatic carbocycles. The number of hydrogen-bond acceptors (Lipinski definition) is 6. The Hall–Kier alpha value is -1.95. The van der Waals surface area contributed by atoms with E-state index in [9.17, 15) is 0 Å². The number of hydrogen-bond donors (Lipinski definition) is 2. The number of fused-ring (bicyclic) bond motifs is 1. The lowest BCUT2D eigenvalue weighted by Crippen LogP contribution is -2.24. The summed E-state index contributed by atoms with van der Waals surface area (Å²) in [5.74, 6) is 1.56. The summed E-state index contributed by atoms with van der Waals surface area (Å²) >= 11 is 0. The molecule has 1 fully saturated rings. The fourth-order valence-corrected chi connectivity index (χ4v) is 3.15. The Balaban J connectivity index is 1.98. The van der Waals surface area contributed by atoms with E-state index in [4.69, 9.17) is 4.98 Å². The summed E-state index contributed by atoms with van der Waals surface area (Å²) in [6.45, 7) is 9.29. The van der Waals surface area contributed by atoms with Crippen molar-refractivity contribution in [3.8, 4) is 0 Å². The van der Waals surface area contributed by atoms with Crippen molar-refractivity contribution in [1.29, 1.82) is 0 Å². The van der Waals surface area contributed by atoms with E-state index < -0.39 is 0 Å². The normalized spacial score (nSPS) is 18.5. The van der Waals surface area contributed by atoms with Gasteiger partial charge in [-0.3, -0.25) is 0 Å². The van der Waals surface area contributed by atoms with Gasteiger partial charge in [-0.05, 0) is 51.9 Å². The van der Waals surface area contributed by atoms with Crippen LogP contribution in [0.25, 0.3) is 11.0 Å². The van der Waals surface area contributed by atoms with Crippen molar-refractivity contribution in [3.63, 3.8) is 0 Å². The zero-order valence-corrected chi connectivity index (χ0v) is 14.5. The molecule has 3 heterocycles. The van der Waals surface area contributed by atoms with Crippen molar-refractivity contribution in [2.75, 3.05) is 37.3 Å². The summed E-state index contributed by atoms with van der Waals surface area (Å²) in [5, 5.41) is 7.93. The maximum atomic E-state index is 4.73. The minimum atomic E-state index is 0.405. The van der Waals surface area contributed by atoms with Crippen LogP contribution in [0.3, 0.4) is 0 Å². The zero-order chi connectivity index (χ0) is 16.4. The van der Waals surface area contributed by atoms with Crippen molar-refractivity contribution in [2.24, 2.45) is 0 Å². The van der Waals surface area contributed by atoms with Gasteiger partial charge in [0.1, 0.15) is 5.82 Å². The van der Waals surface area contributed by atoms with Crippen LogP contribution in [0.4, 0.5) is 11.8 Å². The lowest BCUT2D eigenvalue weighted by molar-refractivity contribution is 0.414. The third-order valence-corrected chi connectivity index (χ3v) is 4.26. The number of likely N-dealkylation sites (N-methyl/N-ethyl adjacent to an activating group) is 1. The van der Waals surface area contributed by atoms with E-state index in [-0.39, 0.29) is 0 Å². The Labute approximate surface area is 137 Å². The van der Waals surface area contributed by atoms with Crippen LogP contribution in [0.1, 0.15) is 31.0 Å². The first kappa shape index (κ1) is 15.9. The van der Waals surface area contributed by atoms with Crippen molar-refractivity contribution in [3.05, 3.63) is 17.3 Å². The summed E-state index contributed by atoms with van der Waals surface area (Å²) in [6, 6.07) is 2.49. The molecular formula is C17H26N6. The van der Waals surface area contributed by atoms with Crippen LogP contribution in [0, 0.1) is 13.8 Å². The van der Waals surface area contributed by atoms with Gasteiger partial charge in [0, 0.05) is 24.8 Å². The summed E-state index contributed by atoms with van der Waals surface area (Å²) in [6.07, 6.45) is 2.18. The van der Waals surface area contributed by atoms with Gasteiger partial charge < -0.3 is 15.5 Å². The molecule has 2 N–H and O–H groups in total. The molecule has 23 heavy (non-hydrogen) atoms. The Morgan fingerprint density at radius 2 is 2.09 bits per heavy atom. The van der Waals surface area contributed by atoms with Gasteiger partial charge in [0.25, 0.3) is 0 Å². The fraction of sp³-hybridized carbons (Fsp3) is 0.588. The molecule has 2 aromatic rings. The predicted molar refractivity (Wildman–Crippen MR) is 95.1 cm³/mol. The summed E-state index contributed by atoms with van der Waals surface area (Å²) in [5.41, 5.74) is 2.92. The topological polar surface area (TPSA) is 66.0 Å². The third-order valence-electron chi connectivity index (χ3n) is 4.26. The Morgan fingerprint density at radius 1 is 1.26 bits per heavy atom. The molecule has 3 rings (SSSR count). The van der Waals surface area contributed by atoms with Crippen molar-refractivity contribution in [2.45, 2.75) is 39.7 Å². The number of likely N-dealkylation sites (tertiary alicyclic amines) is 1. The molecular weight excluding hydrogens is 288 g/mol. The second-order valence-corrected chi connectivity index (χ2v) is 6.49. The fourth-order valence-electron chi connectivity index (χ4n) is 3.15. The molecule has 124 valence electrons. The maximum absolute atomic E-state index is 4.73. The monoisotopic (exact) mass is 314 g/mol. The number of anilines is 2. The largest absolute Gasteiger partial charge is 0.369 e. The van der Waals surface area contributed by atoms with E-state index in [0.717, 1.165) is 55.0 Å². The van der Waals surface area contributed by atoms with Crippen LogP contribution in [-0.4, -0.2) is 52.6 Å². The lowest BCUT2D eigenvalue weighted by Gasteiger charge is -2.16. The second-order valence-electron chi connectivity index (χ2n) is 6.49. The van der Waals surface area contributed by atoms with E-state index in [0.29, 0.717) is 12.0 Å². The Kier molecular flexibility index (Phi) is 4.61. The number of pyridine rings is 1. The van der Waals surface area contributed by atoms with E-state index >= 15 is 0 Å². The highest BCUT2D eigenvalue weighted by Crippen LogP contribution is 2.25. The molecule has 0 unspecified atom stereocenters. The number of rotatable bonds is 5. The molecule has 2 aromatic heterocycles. The molecule has 0 saturated carbocycles. The summed E-state index contributed by atoms with van der Waals surface area (Å²) in [7, 11) is 2.14. The van der Waals surface area contributed by atoms with Gasteiger partial charge in [0.2, 0.25) is 5.95 Å². The van der Waals surface area contributed by atoms with Gasteiger partial charge in [-0.1, -0.05) is 6.92 Å². The molecule has 0 radical (unpaired) electrons. The minimum absolute atomic E-state index is 0.405. The number of nitrogens with zero attached hydrogens (tertiary/aromatic N) is 4. The molecule has 1 saturated heterocycles. The Morgan fingerprint density at radius 3 is 2.78 bits per heavy atom. The van der Waals surface area contributed by atoms with Crippen LogP contribution < -0.4 is 10.6 Å². The van der Waals surface area contributed by atoms with E-state index in [1.165, 1.54) is 5.56 Å². The zero-order valence-electron chi connectivity index (χ0n) is 14.5. The van der Waals surface area contributed by atoms with Gasteiger partial charge in [-0.15, -0.1) is 0 Å². The van der Waals surface area contributed by atoms with E-state index in [1.54, 1.807) is 0 Å². The first-order valence-electron chi connectivity index (χ1n) is 8.41. The SMILES string of the molecule is CCCNc1nc(N[C@@H]2CCN(C)C2)nc2nc(C)cc(C)c12. The first-order valence-corrected chi connectivity index (χ1v) is 8.41. The van der Waals surface area contributed by atoms with Gasteiger partial charge in [0.15, 0.2) is 5.65 Å².